The van der Waals surface area contributed by atoms with Crippen LogP contribution >= 0.6 is 0 Å². The SMILES string of the molecule is CN(C)C1CCN(C(=O)[C@@H]2CC[C@H](C(=O)O)C2)C1. The van der Waals surface area contributed by atoms with Crippen molar-refractivity contribution in [1.29, 1.82) is 0 Å². The van der Waals surface area contributed by atoms with E-state index in [1.54, 1.807) is 0 Å². The Hall–Kier alpha value is -1.10. The summed E-state index contributed by atoms with van der Waals surface area (Å²) in [6.45, 7) is 1.61. The van der Waals surface area contributed by atoms with Gasteiger partial charge in [-0.1, -0.05) is 0 Å². The van der Waals surface area contributed by atoms with E-state index in [0.717, 1.165) is 25.9 Å². The van der Waals surface area contributed by atoms with Gasteiger partial charge in [0.2, 0.25) is 5.91 Å². The van der Waals surface area contributed by atoms with Gasteiger partial charge in [0, 0.05) is 25.0 Å². The highest BCUT2D eigenvalue weighted by Crippen LogP contribution is 2.33. The molecule has 0 aromatic carbocycles. The predicted molar refractivity (Wildman–Crippen MR) is 67.1 cm³/mol. The van der Waals surface area contributed by atoms with E-state index >= 15 is 0 Å². The largest absolute Gasteiger partial charge is 0.481 e. The zero-order valence-electron chi connectivity index (χ0n) is 11.1. The summed E-state index contributed by atoms with van der Waals surface area (Å²) in [5, 5.41) is 8.96. The molecular formula is C13H22N2O3. The minimum absolute atomic E-state index is 0.0630. The molecule has 1 heterocycles. The van der Waals surface area contributed by atoms with Crippen LogP contribution in [0.25, 0.3) is 0 Å². The lowest BCUT2D eigenvalue weighted by Gasteiger charge is -2.22. The molecule has 0 aromatic rings. The van der Waals surface area contributed by atoms with Gasteiger partial charge in [-0.05, 0) is 39.8 Å². The summed E-state index contributed by atoms with van der Waals surface area (Å²) in [6.07, 6.45) is 2.93. The maximum atomic E-state index is 12.3. The third-order valence-corrected chi connectivity index (χ3v) is 4.34. The van der Waals surface area contributed by atoms with E-state index in [9.17, 15) is 9.59 Å². The molecule has 0 bridgehead atoms. The zero-order chi connectivity index (χ0) is 13.3. The molecule has 5 heteroatoms. The van der Waals surface area contributed by atoms with Gasteiger partial charge < -0.3 is 14.9 Å². The summed E-state index contributed by atoms with van der Waals surface area (Å²) in [5.41, 5.74) is 0. The van der Waals surface area contributed by atoms with E-state index in [2.05, 4.69) is 4.90 Å². The van der Waals surface area contributed by atoms with Crippen LogP contribution < -0.4 is 0 Å². The normalized spacial score (nSPS) is 32.2. The summed E-state index contributed by atoms with van der Waals surface area (Å²) >= 11 is 0. The average molecular weight is 254 g/mol. The zero-order valence-corrected chi connectivity index (χ0v) is 11.1. The fraction of sp³-hybridized carbons (Fsp3) is 0.846. The van der Waals surface area contributed by atoms with E-state index in [0.29, 0.717) is 18.9 Å². The first kappa shape index (κ1) is 13.3. The second-order valence-corrected chi connectivity index (χ2v) is 5.74. The summed E-state index contributed by atoms with van der Waals surface area (Å²) in [4.78, 5) is 27.3. The Kier molecular flexibility index (Phi) is 3.90. The summed E-state index contributed by atoms with van der Waals surface area (Å²) in [7, 11) is 4.07. The molecule has 102 valence electrons. The lowest BCUT2D eigenvalue weighted by atomic mass is 10.0. The quantitative estimate of drug-likeness (QED) is 0.803. The number of carboxylic acid groups (broad SMARTS) is 1. The van der Waals surface area contributed by atoms with E-state index in [4.69, 9.17) is 5.11 Å². The Balaban J connectivity index is 1.88. The molecule has 1 saturated heterocycles. The molecule has 0 aromatic heterocycles. The summed E-state index contributed by atoms with van der Waals surface area (Å²) in [6, 6.07) is 0.450. The van der Waals surface area contributed by atoms with Crippen molar-refractivity contribution in [3.8, 4) is 0 Å². The molecule has 5 nitrogen and oxygen atoms in total. The Morgan fingerprint density at radius 2 is 1.83 bits per heavy atom. The molecule has 0 radical (unpaired) electrons. The van der Waals surface area contributed by atoms with Gasteiger partial charge in [0.25, 0.3) is 0 Å². The van der Waals surface area contributed by atoms with E-state index < -0.39 is 5.97 Å². The van der Waals surface area contributed by atoms with Crippen molar-refractivity contribution >= 4 is 11.9 Å². The maximum absolute atomic E-state index is 12.3. The number of aliphatic carboxylic acids is 1. The number of likely N-dealkylation sites (N-methyl/N-ethyl adjacent to an activating group) is 1. The van der Waals surface area contributed by atoms with Gasteiger partial charge >= 0.3 is 5.97 Å². The average Bonchev–Trinajstić information content (AvgIpc) is 2.97. The number of nitrogens with zero attached hydrogens (tertiary/aromatic N) is 2. The van der Waals surface area contributed by atoms with Gasteiger partial charge in [0.15, 0.2) is 0 Å². The summed E-state index contributed by atoms with van der Waals surface area (Å²) in [5.74, 6) is -0.959. The summed E-state index contributed by atoms with van der Waals surface area (Å²) < 4.78 is 0. The third kappa shape index (κ3) is 2.66. The molecule has 18 heavy (non-hydrogen) atoms. The highest BCUT2D eigenvalue weighted by Gasteiger charge is 2.38. The molecule has 2 rings (SSSR count). The van der Waals surface area contributed by atoms with Gasteiger partial charge in [-0.2, -0.15) is 0 Å². The molecule has 3 atom stereocenters. The number of carboxylic acids is 1. The van der Waals surface area contributed by atoms with Crippen molar-refractivity contribution in [2.75, 3.05) is 27.2 Å². The molecule has 2 aliphatic rings. The minimum Gasteiger partial charge on any atom is -0.481 e. The van der Waals surface area contributed by atoms with E-state index in [-0.39, 0.29) is 17.7 Å². The fourth-order valence-electron chi connectivity index (χ4n) is 3.05. The van der Waals surface area contributed by atoms with Crippen molar-refractivity contribution in [2.45, 2.75) is 31.7 Å². The second-order valence-electron chi connectivity index (χ2n) is 5.74. The number of carbonyl (C=O) groups excluding carboxylic acids is 1. The Morgan fingerprint density at radius 3 is 2.33 bits per heavy atom. The highest BCUT2D eigenvalue weighted by atomic mass is 16.4. The highest BCUT2D eigenvalue weighted by molar-refractivity contribution is 5.81. The molecule has 2 fully saturated rings. The standard InChI is InChI=1S/C13H22N2O3/c1-14(2)11-5-6-15(8-11)12(16)9-3-4-10(7-9)13(17)18/h9-11H,3-8H2,1-2H3,(H,17,18)/t9-,10+,11?/m1/s1. The predicted octanol–water partition coefficient (Wildman–Crippen LogP) is 0.650. The first-order chi connectivity index (χ1) is 8.49. The molecule has 1 aliphatic heterocycles. The fourth-order valence-corrected chi connectivity index (χ4v) is 3.05. The van der Waals surface area contributed by atoms with Crippen LogP contribution in [0.15, 0.2) is 0 Å². The van der Waals surface area contributed by atoms with E-state index in [1.807, 2.05) is 19.0 Å². The van der Waals surface area contributed by atoms with Crippen LogP contribution in [-0.4, -0.2) is 60.0 Å². The number of rotatable bonds is 3. The monoisotopic (exact) mass is 254 g/mol. The first-order valence-corrected chi connectivity index (χ1v) is 6.67. The minimum atomic E-state index is -0.752. The molecule has 1 aliphatic carbocycles. The number of hydrogen-bond donors (Lipinski definition) is 1. The van der Waals surface area contributed by atoms with Crippen LogP contribution in [0.4, 0.5) is 0 Å². The molecule has 0 spiro atoms. The van der Waals surface area contributed by atoms with Gasteiger partial charge in [-0.15, -0.1) is 0 Å². The lowest BCUT2D eigenvalue weighted by molar-refractivity contribution is -0.141. The maximum Gasteiger partial charge on any atom is 0.306 e. The van der Waals surface area contributed by atoms with Crippen molar-refractivity contribution in [2.24, 2.45) is 11.8 Å². The van der Waals surface area contributed by atoms with Gasteiger partial charge in [0.1, 0.15) is 0 Å². The van der Waals surface area contributed by atoms with Crippen LogP contribution in [0.3, 0.4) is 0 Å². The van der Waals surface area contributed by atoms with Crippen LogP contribution in [-0.2, 0) is 9.59 Å². The number of likely N-dealkylation sites (tertiary alicyclic amines) is 1. The Bertz CT molecular complexity index is 343. The van der Waals surface area contributed by atoms with Gasteiger partial charge in [-0.3, -0.25) is 9.59 Å². The molecule has 1 amide bonds. The van der Waals surface area contributed by atoms with E-state index in [1.165, 1.54) is 0 Å². The smallest absolute Gasteiger partial charge is 0.306 e. The van der Waals surface area contributed by atoms with Gasteiger partial charge in [-0.25, -0.2) is 0 Å². The third-order valence-electron chi connectivity index (χ3n) is 4.34. The molecular weight excluding hydrogens is 232 g/mol. The molecule has 1 unspecified atom stereocenters. The van der Waals surface area contributed by atoms with Crippen LogP contribution in [0.2, 0.25) is 0 Å². The lowest BCUT2D eigenvalue weighted by Crippen LogP contribution is -2.37. The Labute approximate surface area is 108 Å². The molecule has 1 N–H and O–H groups in total. The van der Waals surface area contributed by atoms with Crippen molar-refractivity contribution in [3.63, 3.8) is 0 Å². The first-order valence-electron chi connectivity index (χ1n) is 6.67. The number of carbonyl (C=O) groups is 2. The van der Waals surface area contributed by atoms with Gasteiger partial charge in [0.05, 0.1) is 5.92 Å². The van der Waals surface area contributed by atoms with Crippen LogP contribution in [0, 0.1) is 11.8 Å². The second kappa shape index (κ2) is 5.26. The number of amides is 1. The molecule has 1 saturated carbocycles. The van der Waals surface area contributed by atoms with Crippen molar-refractivity contribution in [1.82, 2.24) is 9.80 Å². The van der Waals surface area contributed by atoms with Crippen molar-refractivity contribution < 1.29 is 14.7 Å². The number of hydrogen-bond acceptors (Lipinski definition) is 3. The topological polar surface area (TPSA) is 60.9 Å². The van der Waals surface area contributed by atoms with Crippen molar-refractivity contribution in [3.05, 3.63) is 0 Å². The van der Waals surface area contributed by atoms with Crippen LogP contribution in [0.5, 0.6) is 0 Å². The van der Waals surface area contributed by atoms with Crippen LogP contribution in [0.1, 0.15) is 25.7 Å². The Morgan fingerprint density at radius 1 is 1.17 bits per heavy atom.